The van der Waals surface area contributed by atoms with E-state index in [1.54, 1.807) is 48.5 Å². The lowest BCUT2D eigenvalue weighted by Gasteiger charge is -2.16. The third-order valence-electron chi connectivity index (χ3n) is 5.82. The van der Waals surface area contributed by atoms with Gasteiger partial charge in [0.25, 0.3) is 0 Å². The van der Waals surface area contributed by atoms with Crippen LogP contribution in [0.5, 0.6) is 11.5 Å². The Balaban J connectivity index is 0.000000142. The van der Waals surface area contributed by atoms with E-state index >= 15 is 0 Å². The minimum Gasteiger partial charge on any atom is -0.508 e. The Labute approximate surface area is 193 Å². The van der Waals surface area contributed by atoms with Crippen molar-refractivity contribution in [2.75, 3.05) is 0 Å². The number of benzene rings is 4. The van der Waals surface area contributed by atoms with E-state index in [2.05, 4.69) is 0 Å². The standard InChI is InChI=1S/2C14H8O3/c2*15-8-5-6-11-12(7-8)14(17)10-4-2-1-3-9(10)13(11)16/h2*1-7,15H. The van der Waals surface area contributed by atoms with Crippen molar-refractivity contribution >= 4 is 23.1 Å². The van der Waals surface area contributed by atoms with E-state index in [1.807, 2.05) is 0 Å². The molecule has 0 saturated carbocycles. The Bertz CT molecular complexity index is 1430. The molecule has 0 radical (unpaired) electrons. The van der Waals surface area contributed by atoms with Gasteiger partial charge in [-0.05, 0) is 36.4 Å². The van der Waals surface area contributed by atoms with Crippen LogP contribution in [0.2, 0.25) is 0 Å². The summed E-state index contributed by atoms with van der Waals surface area (Å²) >= 11 is 0. The van der Waals surface area contributed by atoms with E-state index < -0.39 is 0 Å². The van der Waals surface area contributed by atoms with E-state index in [1.165, 1.54) is 36.4 Å². The van der Waals surface area contributed by atoms with Crippen LogP contribution in [-0.2, 0) is 0 Å². The predicted octanol–water partition coefficient (Wildman–Crippen LogP) is 4.34. The van der Waals surface area contributed by atoms with Gasteiger partial charge in [-0.25, -0.2) is 0 Å². The number of rotatable bonds is 0. The van der Waals surface area contributed by atoms with Crippen LogP contribution in [0.1, 0.15) is 63.7 Å². The molecule has 0 unspecified atom stereocenters. The second-order valence-electron chi connectivity index (χ2n) is 7.87. The summed E-state index contributed by atoms with van der Waals surface area (Å²) in [6, 6.07) is 21.9. The van der Waals surface area contributed by atoms with Crippen LogP contribution in [0.4, 0.5) is 0 Å². The van der Waals surface area contributed by atoms with E-state index in [0.29, 0.717) is 33.4 Å². The van der Waals surface area contributed by atoms with Gasteiger partial charge in [0.15, 0.2) is 23.1 Å². The summed E-state index contributed by atoms with van der Waals surface area (Å²) in [6.45, 7) is 0. The van der Waals surface area contributed by atoms with E-state index in [4.69, 9.17) is 0 Å². The summed E-state index contributed by atoms with van der Waals surface area (Å²) in [6.07, 6.45) is 0. The molecule has 34 heavy (non-hydrogen) atoms. The highest BCUT2D eigenvalue weighted by Crippen LogP contribution is 2.30. The highest BCUT2D eigenvalue weighted by Gasteiger charge is 2.30. The number of carbonyl (C=O) groups excluding carboxylic acids is 4. The molecule has 0 saturated heterocycles. The number of carbonyl (C=O) groups is 4. The Morgan fingerprint density at radius 2 is 0.618 bits per heavy atom. The number of hydrogen-bond acceptors (Lipinski definition) is 6. The van der Waals surface area contributed by atoms with Crippen LogP contribution in [0.25, 0.3) is 0 Å². The van der Waals surface area contributed by atoms with Gasteiger partial charge in [0.2, 0.25) is 0 Å². The first-order valence-corrected chi connectivity index (χ1v) is 10.4. The summed E-state index contributed by atoms with van der Waals surface area (Å²) in [7, 11) is 0. The quantitative estimate of drug-likeness (QED) is 0.358. The van der Waals surface area contributed by atoms with Gasteiger partial charge < -0.3 is 10.2 Å². The van der Waals surface area contributed by atoms with Crippen molar-refractivity contribution in [2.45, 2.75) is 0 Å². The molecule has 0 heterocycles. The molecule has 2 aliphatic carbocycles. The molecule has 0 atom stereocenters. The van der Waals surface area contributed by atoms with Crippen LogP contribution in [0, 0.1) is 0 Å². The molecular weight excluding hydrogens is 432 g/mol. The van der Waals surface area contributed by atoms with Crippen LogP contribution in [0.15, 0.2) is 84.9 Å². The topological polar surface area (TPSA) is 109 Å². The maximum atomic E-state index is 12.1. The van der Waals surface area contributed by atoms with Crippen LogP contribution < -0.4 is 0 Å². The summed E-state index contributed by atoms with van der Waals surface area (Å²) in [4.78, 5) is 48.5. The van der Waals surface area contributed by atoms with Gasteiger partial charge in [0.1, 0.15) is 11.5 Å². The second-order valence-corrected chi connectivity index (χ2v) is 7.87. The normalized spacial score (nSPS) is 13.2. The van der Waals surface area contributed by atoms with Crippen molar-refractivity contribution < 1.29 is 29.4 Å². The molecule has 0 fully saturated rings. The highest BCUT2D eigenvalue weighted by molar-refractivity contribution is 6.29. The largest absolute Gasteiger partial charge is 0.508 e. The molecule has 0 bridgehead atoms. The number of phenols is 2. The molecule has 6 nitrogen and oxygen atoms in total. The lowest BCUT2D eigenvalue weighted by molar-refractivity contribution is 0.0979. The smallest absolute Gasteiger partial charge is 0.194 e. The summed E-state index contributed by atoms with van der Waals surface area (Å²) in [5.74, 6) is -0.795. The second kappa shape index (κ2) is 7.94. The first-order valence-electron chi connectivity index (χ1n) is 10.4. The van der Waals surface area contributed by atoms with Gasteiger partial charge in [0, 0.05) is 44.5 Å². The van der Waals surface area contributed by atoms with Crippen LogP contribution in [0.3, 0.4) is 0 Å². The van der Waals surface area contributed by atoms with Gasteiger partial charge in [-0.15, -0.1) is 0 Å². The Kier molecular flexibility index (Phi) is 4.91. The average molecular weight is 448 g/mol. The molecule has 0 aromatic heterocycles. The van der Waals surface area contributed by atoms with Crippen molar-refractivity contribution in [3.63, 3.8) is 0 Å². The van der Waals surface area contributed by atoms with Crippen molar-refractivity contribution in [3.05, 3.63) is 129 Å². The monoisotopic (exact) mass is 448 g/mol. The Morgan fingerprint density at radius 3 is 0.941 bits per heavy atom. The molecule has 2 N–H and O–H groups in total. The molecule has 0 amide bonds. The minimum absolute atomic E-state index is 0.00992. The van der Waals surface area contributed by atoms with Gasteiger partial charge >= 0.3 is 0 Å². The van der Waals surface area contributed by atoms with Crippen molar-refractivity contribution in [2.24, 2.45) is 0 Å². The van der Waals surface area contributed by atoms with E-state index in [-0.39, 0.29) is 45.8 Å². The van der Waals surface area contributed by atoms with Gasteiger partial charge in [-0.3, -0.25) is 19.2 Å². The third-order valence-corrected chi connectivity index (χ3v) is 5.82. The molecule has 6 rings (SSSR count). The SMILES string of the molecule is O=C1c2ccccc2C(=O)c2cc(O)ccc21.O=C1c2ccccc2C(=O)c2cc(O)ccc21. The Morgan fingerprint density at radius 1 is 0.353 bits per heavy atom. The fourth-order valence-corrected chi connectivity index (χ4v) is 4.17. The van der Waals surface area contributed by atoms with Crippen molar-refractivity contribution in [1.29, 1.82) is 0 Å². The number of ketones is 4. The third kappa shape index (κ3) is 3.29. The number of aromatic hydroxyl groups is 2. The molecule has 0 aliphatic heterocycles. The maximum Gasteiger partial charge on any atom is 0.194 e. The fourth-order valence-electron chi connectivity index (χ4n) is 4.17. The number of phenolic OH excluding ortho intramolecular Hbond substituents is 2. The Hall–Kier alpha value is -4.84. The van der Waals surface area contributed by atoms with Crippen molar-refractivity contribution in [1.82, 2.24) is 0 Å². The number of hydrogen-bond donors (Lipinski definition) is 2. The zero-order chi connectivity index (χ0) is 24.0. The first-order chi connectivity index (χ1) is 16.4. The lowest BCUT2D eigenvalue weighted by atomic mass is 9.84. The number of fused-ring (bicyclic) bond motifs is 4. The summed E-state index contributed by atoms with van der Waals surface area (Å²) in [5, 5.41) is 18.8. The van der Waals surface area contributed by atoms with Gasteiger partial charge in [-0.2, -0.15) is 0 Å². The first kappa shape index (κ1) is 21.0. The van der Waals surface area contributed by atoms with Crippen LogP contribution in [-0.4, -0.2) is 33.3 Å². The molecule has 2 aliphatic rings. The molecule has 164 valence electrons. The van der Waals surface area contributed by atoms with Gasteiger partial charge in [-0.1, -0.05) is 48.5 Å². The maximum absolute atomic E-state index is 12.1. The fraction of sp³-hybridized carbons (Fsp3) is 0. The zero-order valence-electron chi connectivity index (χ0n) is 17.6. The van der Waals surface area contributed by atoms with Crippen LogP contribution >= 0.6 is 0 Å². The molecule has 4 aromatic carbocycles. The van der Waals surface area contributed by atoms with Crippen molar-refractivity contribution in [3.8, 4) is 11.5 Å². The highest BCUT2D eigenvalue weighted by atomic mass is 16.3. The minimum atomic E-state index is -0.217. The molecule has 6 heteroatoms. The lowest BCUT2D eigenvalue weighted by Crippen LogP contribution is -2.20. The molecule has 0 spiro atoms. The molecular formula is C28H16O6. The zero-order valence-corrected chi connectivity index (χ0v) is 17.6. The summed E-state index contributed by atoms with van der Waals surface area (Å²) < 4.78 is 0. The summed E-state index contributed by atoms with van der Waals surface area (Å²) in [5.41, 5.74) is 2.90. The predicted molar refractivity (Wildman–Crippen MR) is 123 cm³/mol. The molecule has 4 aromatic rings. The van der Waals surface area contributed by atoms with E-state index in [9.17, 15) is 29.4 Å². The average Bonchev–Trinajstić information content (AvgIpc) is 2.86. The van der Waals surface area contributed by atoms with Gasteiger partial charge in [0.05, 0.1) is 0 Å². The van der Waals surface area contributed by atoms with E-state index in [0.717, 1.165) is 0 Å².